The molecule has 0 bridgehead atoms. The molecular formula is C23H31N7O. The molecule has 0 spiro atoms. The number of hydrogen-bond donors (Lipinski definition) is 1. The molecule has 1 fully saturated rings. The number of guanidine groups is 1. The summed E-state index contributed by atoms with van der Waals surface area (Å²) in [6.45, 7) is 5.75. The predicted octanol–water partition coefficient (Wildman–Crippen LogP) is 1.54. The zero-order valence-corrected chi connectivity index (χ0v) is 18.2. The van der Waals surface area contributed by atoms with Gasteiger partial charge in [-0.3, -0.25) is 9.79 Å². The number of piperazine rings is 1. The number of fused-ring (bicyclic) bond motifs is 1. The lowest BCUT2D eigenvalue weighted by Gasteiger charge is -2.36. The summed E-state index contributed by atoms with van der Waals surface area (Å²) in [7, 11) is 1.81. The molecular weight excluding hydrogens is 390 g/mol. The summed E-state index contributed by atoms with van der Waals surface area (Å²) >= 11 is 0. The fourth-order valence-corrected chi connectivity index (χ4v) is 4.21. The van der Waals surface area contributed by atoms with Crippen molar-refractivity contribution in [1.82, 2.24) is 25.1 Å². The number of hydrogen-bond acceptors (Lipinski definition) is 5. The molecule has 1 aromatic heterocycles. The molecule has 8 heteroatoms. The minimum Gasteiger partial charge on any atom is -0.356 e. The number of rotatable bonds is 5. The van der Waals surface area contributed by atoms with Crippen LogP contribution in [0.1, 0.15) is 24.0 Å². The van der Waals surface area contributed by atoms with Crippen LogP contribution in [0.3, 0.4) is 0 Å². The van der Waals surface area contributed by atoms with Crippen molar-refractivity contribution >= 4 is 17.8 Å². The lowest BCUT2D eigenvalue weighted by Crippen LogP contribution is -2.53. The van der Waals surface area contributed by atoms with E-state index in [9.17, 15) is 4.79 Å². The van der Waals surface area contributed by atoms with Gasteiger partial charge in [-0.2, -0.15) is 0 Å². The van der Waals surface area contributed by atoms with Crippen LogP contribution in [-0.2, 0) is 17.8 Å². The Morgan fingerprint density at radius 2 is 1.74 bits per heavy atom. The number of carbonyl (C=O) groups is 1. The van der Waals surface area contributed by atoms with Crippen molar-refractivity contribution < 1.29 is 4.79 Å². The molecule has 3 heterocycles. The van der Waals surface area contributed by atoms with Gasteiger partial charge in [-0.25, -0.2) is 9.97 Å². The molecule has 1 amide bonds. The first kappa shape index (κ1) is 21.1. The molecule has 1 saturated heterocycles. The van der Waals surface area contributed by atoms with E-state index in [2.05, 4.69) is 54.3 Å². The van der Waals surface area contributed by atoms with E-state index < -0.39 is 0 Å². The summed E-state index contributed by atoms with van der Waals surface area (Å²) in [5.41, 5.74) is 2.65. The maximum absolute atomic E-state index is 12.6. The number of amides is 1. The summed E-state index contributed by atoms with van der Waals surface area (Å²) in [5, 5.41) is 3.42. The summed E-state index contributed by atoms with van der Waals surface area (Å²) in [5.74, 6) is 1.92. The summed E-state index contributed by atoms with van der Waals surface area (Å²) in [6.07, 6.45) is 5.87. The minimum absolute atomic E-state index is 0.239. The fourth-order valence-electron chi connectivity index (χ4n) is 4.21. The van der Waals surface area contributed by atoms with Crippen LogP contribution in [0, 0.1) is 0 Å². The van der Waals surface area contributed by atoms with Crippen LogP contribution in [0.5, 0.6) is 0 Å². The number of nitrogens with one attached hydrogen (secondary N) is 1. The Morgan fingerprint density at radius 1 is 1.00 bits per heavy atom. The fraction of sp³-hybridized carbons (Fsp3) is 0.478. The summed E-state index contributed by atoms with van der Waals surface area (Å²) in [6, 6.07) is 10.3. The molecule has 1 N–H and O–H groups in total. The number of carbonyl (C=O) groups excluding carboxylic acids is 1. The molecule has 0 atom stereocenters. The molecule has 0 aliphatic carbocycles. The monoisotopic (exact) mass is 421 g/mol. The van der Waals surface area contributed by atoms with Crippen molar-refractivity contribution in [2.24, 2.45) is 4.99 Å². The maximum atomic E-state index is 12.6. The summed E-state index contributed by atoms with van der Waals surface area (Å²) in [4.78, 5) is 32.2. The Hall–Kier alpha value is -3.16. The SMILES string of the molecule is CN=C(NCCCC(=O)N1CCc2ccccc2C1)N1CCN(c2ncccn2)CC1. The standard InChI is InChI=1S/C23H31N7O/c1-24-22(28-14-16-29(17-15-28)23-26-11-5-12-27-23)25-10-4-8-21(31)30-13-9-19-6-2-3-7-20(19)18-30/h2-3,5-7,11-12H,4,8-10,13-18H2,1H3,(H,24,25). The molecule has 2 aliphatic heterocycles. The normalized spacial score (nSPS) is 16.8. The van der Waals surface area contributed by atoms with Gasteiger partial charge in [0.05, 0.1) is 0 Å². The van der Waals surface area contributed by atoms with Gasteiger partial charge in [0.15, 0.2) is 5.96 Å². The Morgan fingerprint density at radius 3 is 2.48 bits per heavy atom. The third kappa shape index (κ3) is 5.31. The Kier molecular flexibility index (Phi) is 6.96. The number of aromatic nitrogens is 2. The minimum atomic E-state index is 0.239. The van der Waals surface area contributed by atoms with Crippen molar-refractivity contribution in [3.63, 3.8) is 0 Å². The molecule has 2 aromatic rings. The van der Waals surface area contributed by atoms with Crippen LogP contribution in [0.4, 0.5) is 5.95 Å². The topological polar surface area (TPSA) is 77.0 Å². The predicted molar refractivity (Wildman–Crippen MR) is 122 cm³/mol. The summed E-state index contributed by atoms with van der Waals surface area (Å²) < 4.78 is 0. The second-order valence-electron chi connectivity index (χ2n) is 7.93. The number of benzene rings is 1. The van der Waals surface area contributed by atoms with Gasteiger partial charge in [-0.15, -0.1) is 0 Å². The average Bonchev–Trinajstić information content (AvgIpc) is 2.84. The van der Waals surface area contributed by atoms with Gasteiger partial charge in [-0.05, 0) is 30.0 Å². The second kappa shape index (κ2) is 10.2. The number of anilines is 1. The number of nitrogens with zero attached hydrogens (tertiary/aromatic N) is 6. The van der Waals surface area contributed by atoms with Gasteiger partial charge in [0, 0.05) is 71.7 Å². The van der Waals surface area contributed by atoms with E-state index >= 15 is 0 Å². The Balaban J connectivity index is 1.18. The maximum Gasteiger partial charge on any atom is 0.225 e. The first-order valence-corrected chi connectivity index (χ1v) is 11.1. The van der Waals surface area contributed by atoms with Gasteiger partial charge in [0.1, 0.15) is 0 Å². The molecule has 31 heavy (non-hydrogen) atoms. The van der Waals surface area contributed by atoms with Crippen LogP contribution < -0.4 is 10.2 Å². The van der Waals surface area contributed by atoms with Crippen molar-refractivity contribution in [2.75, 3.05) is 51.2 Å². The van der Waals surface area contributed by atoms with Crippen LogP contribution in [0.25, 0.3) is 0 Å². The lowest BCUT2D eigenvalue weighted by atomic mass is 9.99. The molecule has 0 saturated carbocycles. The first-order valence-electron chi connectivity index (χ1n) is 11.1. The highest BCUT2D eigenvalue weighted by Gasteiger charge is 2.22. The average molecular weight is 422 g/mol. The zero-order chi connectivity index (χ0) is 21.5. The van der Waals surface area contributed by atoms with Gasteiger partial charge in [0.25, 0.3) is 0 Å². The molecule has 0 radical (unpaired) electrons. The number of aliphatic imine (C=N–C) groups is 1. The van der Waals surface area contributed by atoms with Crippen molar-refractivity contribution in [2.45, 2.75) is 25.8 Å². The Labute approximate surface area is 184 Å². The second-order valence-corrected chi connectivity index (χ2v) is 7.93. The van der Waals surface area contributed by atoms with E-state index in [0.717, 1.165) is 70.6 Å². The smallest absolute Gasteiger partial charge is 0.225 e. The lowest BCUT2D eigenvalue weighted by molar-refractivity contribution is -0.132. The van der Waals surface area contributed by atoms with Crippen molar-refractivity contribution in [3.8, 4) is 0 Å². The van der Waals surface area contributed by atoms with Gasteiger partial charge >= 0.3 is 0 Å². The molecule has 2 aliphatic rings. The van der Waals surface area contributed by atoms with Crippen LogP contribution in [0.2, 0.25) is 0 Å². The van der Waals surface area contributed by atoms with Gasteiger partial charge in [-0.1, -0.05) is 24.3 Å². The van der Waals surface area contributed by atoms with E-state index in [4.69, 9.17) is 0 Å². The quantitative estimate of drug-likeness (QED) is 0.448. The largest absolute Gasteiger partial charge is 0.356 e. The highest BCUT2D eigenvalue weighted by atomic mass is 16.2. The van der Waals surface area contributed by atoms with E-state index in [1.807, 2.05) is 18.0 Å². The van der Waals surface area contributed by atoms with Crippen molar-refractivity contribution in [1.29, 1.82) is 0 Å². The first-order chi connectivity index (χ1) is 15.2. The van der Waals surface area contributed by atoms with E-state index in [0.29, 0.717) is 6.42 Å². The van der Waals surface area contributed by atoms with E-state index in [1.165, 1.54) is 11.1 Å². The Bertz CT molecular complexity index is 894. The highest BCUT2D eigenvalue weighted by Crippen LogP contribution is 2.19. The molecule has 8 nitrogen and oxygen atoms in total. The zero-order valence-electron chi connectivity index (χ0n) is 18.2. The third-order valence-electron chi connectivity index (χ3n) is 5.96. The van der Waals surface area contributed by atoms with Gasteiger partial charge < -0.3 is 20.0 Å². The van der Waals surface area contributed by atoms with Crippen LogP contribution >= 0.6 is 0 Å². The van der Waals surface area contributed by atoms with E-state index in [-0.39, 0.29) is 5.91 Å². The van der Waals surface area contributed by atoms with E-state index in [1.54, 1.807) is 12.4 Å². The molecule has 4 rings (SSSR count). The van der Waals surface area contributed by atoms with Crippen LogP contribution in [0.15, 0.2) is 47.7 Å². The molecule has 0 unspecified atom stereocenters. The molecule has 1 aromatic carbocycles. The third-order valence-corrected chi connectivity index (χ3v) is 5.96. The van der Waals surface area contributed by atoms with Crippen LogP contribution in [-0.4, -0.2) is 78.0 Å². The highest BCUT2D eigenvalue weighted by molar-refractivity contribution is 5.80. The van der Waals surface area contributed by atoms with Crippen molar-refractivity contribution in [3.05, 3.63) is 53.9 Å². The molecule has 164 valence electrons. The van der Waals surface area contributed by atoms with Gasteiger partial charge in [0.2, 0.25) is 11.9 Å².